The standard InChI is InChI=1S/C22H25BrN2O2/c1-27-21-9-8-17(13-20(21)23)22(26)25-11-4-7-19(15-25)24-12-10-16-5-2-3-6-18(16)14-24/h2-3,5-6,8-9,13,19H,4,7,10-12,14-15H2,1H3/t19-/m1/s1. The second kappa shape index (κ2) is 8.03. The molecule has 0 unspecified atom stereocenters. The van der Waals surface area contributed by atoms with E-state index in [2.05, 4.69) is 45.1 Å². The summed E-state index contributed by atoms with van der Waals surface area (Å²) >= 11 is 3.49. The molecule has 1 amide bonds. The number of fused-ring (bicyclic) bond motifs is 1. The highest BCUT2D eigenvalue weighted by Crippen LogP contribution is 2.28. The normalized spacial score (nSPS) is 20.2. The Bertz CT molecular complexity index is 839. The van der Waals surface area contributed by atoms with Crippen molar-refractivity contribution >= 4 is 21.8 Å². The van der Waals surface area contributed by atoms with Gasteiger partial charge in [0.2, 0.25) is 0 Å². The van der Waals surface area contributed by atoms with Crippen LogP contribution in [0.1, 0.15) is 34.3 Å². The molecule has 2 aromatic rings. The summed E-state index contributed by atoms with van der Waals surface area (Å²) in [6.07, 6.45) is 3.33. The van der Waals surface area contributed by atoms with E-state index < -0.39 is 0 Å². The van der Waals surface area contributed by atoms with Crippen molar-refractivity contribution in [3.63, 3.8) is 0 Å². The maximum atomic E-state index is 13.0. The van der Waals surface area contributed by atoms with Crippen LogP contribution in [0.2, 0.25) is 0 Å². The summed E-state index contributed by atoms with van der Waals surface area (Å²) in [4.78, 5) is 17.6. The lowest BCUT2D eigenvalue weighted by Crippen LogP contribution is -2.51. The first kappa shape index (κ1) is 18.5. The highest BCUT2D eigenvalue weighted by Gasteiger charge is 2.30. The second-order valence-corrected chi connectivity index (χ2v) is 8.24. The summed E-state index contributed by atoms with van der Waals surface area (Å²) in [7, 11) is 1.63. The Morgan fingerprint density at radius 1 is 1.15 bits per heavy atom. The number of rotatable bonds is 3. The molecule has 1 saturated heterocycles. The molecular formula is C22H25BrN2O2. The maximum Gasteiger partial charge on any atom is 0.253 e. The minimum atomic E-state index is 0.112. The van der Waals surface area contributed by atoms with Gasteiger partial charge in [-0.3, -0.25) is 9.69 Å². The minimum absolute atomic E-state index is 0.112. The van der Waals surface area contributed by atoms with E-state index in [0.717, 1.165) is 55.7 Å². The van der Waals surface area contributed by atoms with Gasteiger partial charge in [0.05, 0.1) is 11.6 Å². The summed E-state index contributed by atoms with van der Waals surface area (Å²) in [5, 5.41) is 0. The van der Waals surface area contributed by atoms with Crippen molar-refractivity contribution in [3.05, 3.63) is 63.6 Å². The van der Waals surface area contributed by atoms with Gasteiger partial charge in [-0.05, 0) is 64.5 Å². The van der Waals surface area contributed by atoms with Crippen LogP contribution in [0.25, 0.3) is 0 Å². The zero-order chi connectivity index (χ0) is 18.8. The van der Waals surface area contributed by atoms with E-state index >= 15 is 0 Å². The highest BCUT2D eigenvalue weighted by atomic mass is 79.9. The Morgan fingerprint density at radius 3 is 2.74 bits per heavy atom. The molecule has 0 aromatic heterocycles. The van der Waals surface area contributed by atoms with Crippen LogP contribution in [-0.4, -0.2) is 48.5 Å². The predicted octanol–water partition coefficient (Wildman–Crippen LogP) is 4.12. The largest absolute Gasteiger partial charge is 0.496 e. The van der Waals surface area contributed by atoms with Crippen molar-refractivity contribution in [3.8, 4) is 5.75 Å². The molecule has 2 aromatic carbocycles. The Labute approximate surface area is 169 Å². The second-order valence-electron chi connectivity index (χ2n) is 7.39. The van der Waals surface area contributed by atoms with E-state index in [1.165, 1.54) is 11.1 Å². The van der Waals surface area contributed by atoms with Gasteiger partial charge in [-0.15, -0.1) is 0 Å². The van der Waals surface area contributed by atoms with Crippen LogP contribution in [0.3, 0.4) is 0 Å². The summed E-state index contributed by atoms with van der Waals surface area (Å²) in [6.45, 7) is 3.73. The first-order valence-electron chi connectivity index (χ1n) is 9.59. The minimum Gasteiger partial charge on any atom is -0.496 e. The van der Waals surface area contributed by atoms with Crippen LogP contribution in [-0.2, 0) is 13.0 Å². The van der Waals surface area contributed by atoms with Gasteiger partial charge in [0, 0.05) is 37.8 Å². The molecule has 2 aliphatic heterocycles. The quantitative estimate of drug-likeness (QED) is 0.736. The smallest absolute Gasteiger partial charge is 0.253 e. The molecule has 5 heteroatoms. The van der Waals surface area contributed by atoms with Gasteiger partial charge in [0.15, 0.2) is 0 Å². The molecule has 0 spiro atoms. The number of piperidine rings is 1. The number of methoxy groups -OCH3 is 1. The summed E-state index contributed by atoms with van der Waals surface area (Å²) < 4.78 is 6.09. The average Bonchev–Trinajstić information content (AvgIpc) is 2.73. The molecule has 142 valence electrons. The van der Waals surface area contributed by atoms with E-state index in [4.69, 9.17) is 4.74 Å². The Kier molecular flexibility index (Phi) is 5.50. The van der Waals surface area contributed by atoms with Gasteiger partial charge in [-0.2, -0.15) is 0 Å². The zero-order valence-electron chi connectivity index (χ0n) is 15.7. The van der Waals surface area contributed by atoms with E-state index in [0.29, 0.717) is 11.6 Å². The zero-order valence-corrected chi connectivity index (χ0v) is 17.2. The van der Waals surface area contributed by atoms with Crippen molar-refractivity contribution in [2.75, 3.05) is 26.7 Å². The number of likely N-dealkylation sites (tertiary alicyclic amines) is 1. The number of ether oxygens (including phenoxy) is 1. The Hall–Kier alpha value is -1.85. The molecule has 1 fully saturated rings. The topological polar surface area (TPSA) is 32.8 Å². The first-order valence-corrected chi connectivity index (χ1v) is 10.4. The predicted molar refractivity (Wildman–Crippen MR) is 110 cm³/mol. The third-order valence-electron chi connectivity index (χ3n) is 5.76. The number of carbonyl (C=O) groups excluding carboxylic acids is 1. The molecule has 1 atom stereocenters. The van der Waals surface area contributed by atoms with E-state index in [-0.39, 0.29) is 5.91 Å². The fourth-order valence-electron chi connectivity index (χ4n) is 4.25. The molecule has 0 radical (unpaired) electrons. The fourth-order valence-corrected chi connectivity index (χ4v) is 4.79. The molecule has 0 N–H and O–H groups in total. The van der Waals surface area contributed by atoms with Gasteiger partial charge in [0.1, 0.15) is 5.75 Å². The molecule has 0 bridgehead atoms. The van der Waals surface area contributed by atoms with Crippen LogP contribution in [0.4, 0.5) is 0 Å². The number of amides is 1. The lowest BCUT2D eigenvalue weighted by Gasteiger charge is -2.41. The molecule has 4 rings (SSSR count). The average molecular weight is 429 g/mol. The van der Waals surface area contributed by atoms with Crippen molar-refractivity contribution in [2.45, 2.75) is 31.8 Å². The van der Waals surface area contributed by atoms with Gasteiger partial charge >= 0.3 is 0 Å². The van der Waals surface area contributed by atoms with Gasteiger partial charge in [-0.25, -0.2) is 0 Å². The number of benzene rings is 2. The SMILES string of the molecule is COc1ccc(C(=O)N2CCC[C@@H](N3CCc4ccccc4C3)C2)cc1Br. The monoisotopic (exact) mass is 428 g/mol. The lowest BCUT2D eigenvalue weighted by molar-refractivity contribution is 0.0549. The van der Waals surface area contributed by atoms with Crippen LogP contribution in [0.5, 0.6) is 5.75 Å². The van der Waals surface area contributed by atoms with Crippen molar-refractivity contribution < 1.29 is 9.53 Å². The maximum absolute atomic E-state index is 13.0. The van der Waals surface area contributed by atoms with Crippen LogP contribution >= 0.6 is 15.9 Å². The number of hydrogen-bond donors (Lipinski definition) is 0. The molecule has 2 aliphatic rings. The fraction of sp³-hybridized carbons (Fsp3) is 0.409. The Balaban J connectivity index is 1.45. The van der Waals surface area contributed by atoms with Crippen LogP contribution in [0, 0.1) is 0 Å². The molecule has 0 aliphatic carbocycles. The molecule has 2 heterocycles. The van der Waals surface area contributed by atoms with Crippen LogP contribution < -0.4 is 4.74 Å². The summed E-state index contributed by atoms with van der Waals surface area (Å²) in [6, 6.07) is 14.7. The van der Waals surface area contributed by atoms with E-state index in [1.54, 1.807) is 7.11 Å². The van der Waals surface area contributed by atoms with Gasteiger partial charge in [-0.1, -0.05) is 24.3 Å². The lowest BCUT2D eigenvalue weighted by atomic mass is 9.95. The molecule has 27 heavy (non-hydrogen) atoms. The molecular weight excluding hydrogens is 404 g/mol. The number of hydrogen-bond acceptors (Lipinski definition) is 3. The number of carbonyl (C=O) groups is 1. The van der Waals surface area contributed by atoms with Crippen molar-refractivity contribution in [1.29, 1.82) is 0 Å². The molecule has 0 saturated carbocycles. The third-order valence-corrected chi connectivity index (χ3v) is 6.38. The van der Waals surface area contributed by atoms with E-state index in [9.17, 15) is 4.79 Å². The van der Waals surface area contributed by atoms with Gasteiger partial charge < -0.3 is 9.64 Å². The van der Waals surface area contributed by atoms with Gasteiger partial charge in [0.25, 0.3) is 5.91 Å². The highest BCUT2D eigenvalue weighted by molar-refractivity contribution is 9.10. The molecule has 4 nitrogen and oxygen atoms in total. The first-order chi connectivity index (χ1) is 13.2. The van der Waals surface area contributed by atoms with Crippen molar-refractivity contribution in [2.24, 2.45) is 0 Å². The van der Waals surface area contributed by atoms with Crippen LogP contribution in [0.15, 0.2) is 46.9 Å². The third kappa shape index (κ3) is 3.90. The van der Waals surface area contributed by atoms with Crippen molar-refractivity contribution in [1.82, 2.24) is 9.80 Å². The van der Waals surface area contributed by atoms with E-state index in [1.807, 2.05) is 23.1 Å². The summed E-state index contributed by atoms with van der Waals surface area (Å²) in [5.74, 6) is 0.857. The summed E-state index contributed by atoms with van der Waals surface area (Å²) in [5.41, 5.74) is 3.62. The number of halogens is 1. The Morgan fingerprint density at radius 2 is 1.96 bits per heavy atom. The number of nitrogens with zero attached hydrogens (tertiary/aromatic N) is 2.